The van der Waals surface area contributed by atoms with Crippen LogP contribution in [0.2, 0.25) is 0 Å². The average molecular weight is 259 g/mol. The molecule has 1 aromatic rings. The standard InChI is InChI=1S/C16H21NO2/c1-4-7-13(2)17(3)16(19)15-10-5-8-14(12-15)9-6-11-18/h5,8,10,12-13,18H,4,7,11H2,1-3H3. The number of carbonyl (C=O) groups is 1. The average Bonchev–Trinajstić information content (AvgIpc) is 2.44. The summed E-state index contributed by atoms with van der Waals surface area (Å²) in [6.07, 6.45) is 2.05. The molecular weight excluding hydrogens is 238 g/mol. The fraction of sp³-hybridized carbons (Fsp3) is 0.438. The summed E-state index contributed by atoms with van der Waals surface area (Å²) in [6.45, 7) is 3.99. The van der Waals surface area contributed by atoms with Crippen molar-refractivity contribution in [1.82, 2.24) is 4.90 Å². The van der Waals surface area contributed by atoms with Crippen LogP contribution in [-0.4, -0.2) is 35.6 Å². The molecule has 0 aromatic heterocycles. The molecule has 0 bridgehead atoms. The fourth-order valence-electron chi connectivity index (χ4n) is 1.89. The predicted molar refractivity (Wildman–Crippen MR) is 76.9 cm³/mol. The Labute approximate surface area is 115 Å². The van der Waals surface area contributed by atoms with Crippen LogP contribution in [-0.2, 0) is 0 Å². The van der Waals surface area contributed by atoms with Crippen molar-refractivity contribution in [1.29, 1.82) is 0 Å². The number of rotatable bonds is 4. The van der Waals surface area contributed by atoms with Gasteiger partial charge in [0.2, 0.25) is 0 Å². The lowest BCUT2D eigenvalue weighted by Gasteiger charge is -2.24. The van der Waals surface area contributed by atoms with Gasteiger partial charge < -0.3 is 10.0 Å². The summed E-state index contributed by atoms with van der Waals surface area (Å²) in [4.78, 5) is 14.1. The SMILES string of the molecule is CCCC(C)N(C)C(=O)c1cccc(C#CCO)c1. The van der Waals surface area contributed by atoms with E-state index in [1.807, 2.05) is 19.2 Å². The molecule has 0 radical (unpaired) electrons. The Bertz CT molecular complexity index is 485. The minimum atomic E-state index is -0.175. The third-order valence-corrected chi connectivity index (χ3v) is 3.11. The quantitative estimate of drug-likeness (QED) is 0.843. The molecular formula is C16H21NO2. The second-order valence-corrected chi connectivity index (χ2v) is 4.59. The topological polar surface area (TPSA) is 40.5 Å². The van der Waals surface area contributed by atoms with E-state index in [0.717, 1.165) is 18.4 Å². The van der Waals surface area contributed by atoms with E-state index in [1.165, 1.54) is 0 Å². The van der Waals surface area contributed by atoms with Gasteiger partial charge in [-0.15, -0.1) is 0 Å². The van der Waals surface area contributed by atoms with Gasteiger partial charge in [0.25, 0.3) is 5.91 Å². The summed E-state index contributed by atoms with van der Waals surface area (Å²) in [5.74, 6) is 5.40. The van der Waals surface area contributed by atoms with Gasteiger partial charge in [-0.2, -0.15) is 0 Å². The molecule has 0 spiro atoms. The largest absolute Gasteiger partial charge is 0.384 e. The van der Waals surface area contributed by atoms with Crippen LogP contribution in [0.1, 0.15) is 42.6 Å². The Morgan fingerprint density at radius 2 is 2.21 bits per heavy atom. The first-order valence-corrected chi connectivity index (χ1v) is 6.57. The van der Waals surface area contributed by atoms with Crippen molar-refractivity contribution in [3.63, 3.8) is 0 Å². The first-order chi connectivity index (χ1) is 9.10. The van der Waals surface area contributed by atoms with Crippen LogP contribution in [0.15, 0.2) is 24.3 Å². The maximum absolute atomic E-state index is 12.3. The molecule has 0 aliphatic rings. The second-order valence-electron chi connectivity index (χ2n) is 4.59. The molecule has 1 unspecified atom stereocenters. The highest BCUT2D eigenvalue weighted by molar-refractivity contribution is 5.94. The zero-order valence-corrected chi connectivity index (χ0v) is 11.8. The summed E-state index contributed by atoms with van der Waals surface area (Å²) in [5.41, 5.74) is 1.38. The van der Waals surface area contributed by atoms with Gasteiger partial charge >= 0.3 is 0 Å². The number of amides is 1. The lowest BCUT2D eigenvalue weighted by Crippen LogP contribution is -2.34. The molecule has 0 saturated heterocycles. The van der Waals surface area contributed by atoms with Gasteiger partial charge in [0.15, 0.2) is 0 Å². The Hall–Kier alpha value is -1.79. The number of benzene rings is 1. The molecule has 3 nitrogen and oxygen atoms in total. The lowest BCUT2D eigenvalue weighted by molar-refractivity contribution is 0.0736. The van der Waals surface area contributed by atoms with E-state index in [1.54, 1.807) is 17.0 Å². The first kappa shape index (κ1) is 15.3. The summed E-state index contributed by atoms with van der Waals surface area (Å²) in [6, 6.07) is 7.42. The smallest absolute Gasteiger partial charge is 0.253 e. The summed E-state index contributed by atoms with van der Waals surface area (Å²) < 4.78 is 0. The van der Waals surface area contributed by atoms with Crippen LogP contribution in [0.4, 0.5) is 0 Å². The van der Waals surface area contributed by atoms with Crippen molar-refractivity contribution in [2.75, 3.05) is 13.7 Å². The molecule has 102 valence electrons. The second kappa shape index (κ2) is 7.60. The van der Waals surface area contributed by atoms with Crippen LogP contribution < -0.4 is 0 Å². The maximum Gasteiger partial charge on any atom is 0.253 e. The maximum atomic E-state index is 12.3. The highest BCUT2D eigenvalue weighted by Gasteiger charge is 2.16. The molecule has 3 heteroatoms. The van der Waals surface area contributed by atoms with E-state index in [9.17, 15) is 4.79 Å². The molecule has 1 atom stereocenters. The molecule has 0 saturated carbocycles. The first-order valence-electron chi connectivity index (χ1n) is 6.57. The van der Waals surface area contributed by atoms with Crippen molar-refractivity contribution in [2.24, 2.45) is 0 Å². The number of carbonyl (C=O) groups excluding carboxylic acids is 1. The number of hydrogen-bond acceptors (Lipinski definition) is 2. The number of hydrogen-bond donors (Lipinski definition) is 1. The van der Waals surface area contributed by atoms with Gasteiger partial charge in [-0.3, -0.25) is 4.79 Å². The van der Waals surface area contributed by atoms with Gasteiger partial charge in [-0.05, 0) is 31.5 Å². The summed E-state index contributed by atoms with van der Waals surface area (Å²) in [7, 11) is 1.83. The molecule has 0 fully saturated rings. The number of aliphatic hydroxyl groups excluding tert-OH is 1. The van der Waals surface area contributed by atoms with Gasteiger partial charge in [0.1, 0.15) is 6.61 Å². The van der Waals surface area contributed by atoms with E-state index in [0.29, 0.717) is 5.56 Å². The minimum absolute atomic E-state index is 0.00796. The van der Waals surface area contributed by atoms with E-state index in [4.69, 9.17) is 5.11 Å². The Balaban J connectivity index is 2.87. The van der Waals surface area contributed by atoms with Crippen molar-refractivity contribution in [3.8, 4) is 11.8 Å². The zero-order chi connectivity index (χ0) is 14.3. The van der Waals surface area contributed by atoms with Crippen molar-refractivity contribution in [3.05, 3.63) is 35.4 Å². The Morgan fingerprint density at radius 3 is 2.84 bits per heavy atom. The van der Waals surface area contributed by atoms with Crippen molar-refractivity contribution >= 4 is 5.91 Å². The number of nitrogens with zero attached hydrogens (tertiary/aromatic N) is 1. The lowest BCUT2D eigenvalue weighted by atomic mass is 10.1. The van der Waals surface area contributed by atoms with E-state index in [-0.39, 0.29) is 18.6 Å². The van der Waals surface area contributed by atoms with Crippen LogP contribution in [0.3, 0.4) is 0 Å². The van der Waals surface area contributed by atoms with Gasteiger partial charge in [0, 0.05) is 24.2 Å². The van der Waals surface area contributed by atoms with E-state index < -0.39 is 0 Å². The monoisotopic (exact) mass is 259 g/mol. The van der Waals surface area contributed by atoms with Gasteiger partial charge in [-0.1, -0.05) is 31.3 Å². The van der Waals surface area contributed by atoms with Gasteiger partial charge in [-0.25, -0.2) is 0 Å². The van der Waals surface area contributed by atoms with Crippen LogP contribution in [0, 0.1) is 11.8 Å². The highest BCUT2D eigenvalue weighted by Crippen LogP contribution is 2.11. The van der Waals surface area contributed by atoms with Crippen LogP contribution in [0.25, 0.3) is 0 Å². The normalized spacial score (nSPS) is 11.4. The fourth-order valence-corrected chi connectivity index (χ4v) is 1.89. The zero-order valence-electron chi connectivity index (χ0n) is 11.8. The van der Waals surface area contributed by atoms with E-state index >= 15 is 0 Å². The third kappa shape index (κ3) is 4.42. The molecule has 0 aliphatic heterocycles. The summed E-state index contributed by atoms with van der Waals surface area (Å²) in [5, 5.41) is 8.68. The Kier molecular flexibility index (Phi) is 6.11. The molecule has 19 heavy (non-hydrogen) atoms. The minimum Gasteiger partial charge on any atom is -0.384 e. The van der Waals surface area contributed by atoms with Crippen molar-refractivity contribution < 1.29 is 9.90 Å². The molecule has 0 aliphatic carbocycles. The highest BCUT2D eigenvalue weighted by atomic mass is 16.2. The predicted octanol–water partition coefficient (Wildman–Crippen LogP) is 2.29. The third-order valence-electron chi connectivity index (χ3n) is 3.11. The molecule has 0 heterocycles. The van der Waals surface area contributed by atoms with Crippen molar-refractivity contribution in [2.45, 2.75) is 32.7 Å². The molecule has 1 aromatic carbocycles. The van der Waals surface area contributed by atoms with E-state index in [2.05, 4.69) is 25.7 Å². The Morgan fingerprint density at radius 1 is 1.47 bits per heavy atom. The summed E-state index contributed by atoms with van der Waals surface area (Å²) >= 11 is 0. The molecule has 1 N–H and O–H groups in total. The molecule has 1 rings (SSSR count). The van der Waals surface area contributed by atoms with Crippen LogP contribution >= 0.6 is 0 Å². The van der Waals surface area contributed by atoms with Crippen LogP contribution in [0.5, 0.6) is 0 Å². The molecule has 1 amide bonds. The van der Waals surface area contributed by atoms with Gasteiger partial charge in [0.05, 0.1) is 0 Å². The number of aliphatic hydroxyl groups is 1.